The zero-order valence-corrected chi connectivity index (χ0v) is 17.3. The van der Waals surface area contributed by atoms with Crippen molar-refractivity contribution >= 4 is 33.3 Å². The molecule has 0 bridgehead atoms. The average Bonchev–Trinajstić information content (AvgIpc) is 3.01. The summed E-state index contributed by atoms with van der Waals surface area (Å²) in [6.45, 7) is 3.68. The van der Waals surface area contributed by atoms with Crippen LogP contribution in [-0.4, -0.2) is 40.5 Å². The lowest BCUT2D eigenvalue weighted by Gasteiger charge is -2.12. The lowest BCUT2D eigenvalue weighted by atomic mass is 10.1. The minimum Gasteiger partial charge on any atom is -0.293 e. The minimum absolute atomic E-state index is 0.0730. The van der Waals surface area contributed by atoms with Crippen molar-refractivity contribution in [1.82, 2.24) is 14.8 Å². The Balaban J connectivity index is 1.77. The monoisotopic (exact) mass is 416 g/mol. The number of anilines is 1. The van der Waals surface area contributed by atoms with Crippen molar-refractivity contribution in [2.24, 2.45) is 0 Å². The number of ketones is 1. The van der Waals surface area contributed by atoms with Gasteiger partial charge in [-0.2, -0.15) is 0 Å². The maximum Gasteiger partial charge on any atom is 0.229 e. The van der Waals surface area contributed by atoms with Crippen molar-refractivity contribution in [2.75, 3.05) is 11.0 Å². The van der Waals surface area contributed by atoms with Gasteiger partial charge in [-0.15, -0.1) is 10.2 Å². The molecule has 9 heteroatoms. The molecule has 3 aromatic rings. The molecule has 0 aliphatic rings. The number of hydrogen-bond donors (Lipinski definition) is 1. The molecule has 0 amide bonds. The number of aryl methyl sites for hydroxylation is 1. The maximum atomic E-state index is 12.8. The number of thioether (sulfide) groups is 1. The van der Waals surface area contributed by atoms with Crippen LogP contribution >= 0.6 is 11.8 Å². The second-order valence-corrected chi connectivity index (χ2v) is 9.33. The number of nitrogens with one attached hydrogen (secondary N) is 1. The molecule has 0 saturated heterocycles. The average molecular weight is 417 g/mol. The Labute approximate surface area is 168 Å². The highest BCUT2D eigenvalue weighted by atomic mass is 32.2. The minimum atomic E-state index is -3.35. The molecule has 7 nitrogen and oxygen atoms in total. The largest absolute Gasteiger partial charge is 0.293 e. The van der Waals surface area contributed by atoms with Gasteiger partial charge in [0.1, 0.15) is 5.82 Å². The Bertz CT molecular complexity index is 1080. The van der Waals surface area contributed by atoms with Gasteiger partial charge in [0.15, 0.2) is 10.9 Å². The predicted octanol–water partition coefficient (Wildman–Crippen LogP) is 3.31. The van der Waals surface area contributed by atoms with Crippen LogP contribution in [0.1, 0.15) is 23.1 Å². The molecule has 3 rings (SSSR count). The Kier molecular flexibility index (Phi) is 5.85. The van der Waals surface area contributed by atoms with E-state index in [9.17, 15) is 13.2 Å². The van der Waals surface area contributed by atoms with Crippen LogP contribution in [0.25, 0.3) is 5.69 Å². The molecule has 0 aliphatic carbocycles. The highest BCUT2D eigenvalue weighted by Gasteiger charge is 2.21. The third-order valence-electron chi connectivity index (χ3n) is 3.93. The summed E-state index contributed by atoms with van der Waals surface area (Å²) in [6.07, 6.45) is 1.08. The van der Waals surface area contributed by atoms with Crippen LogP contribution in [0.5, 0.6) is 0 Å². The summed E-state index contributed by atoms with van der Waals surface area (Å²) in [4.78, 5) is 12.8. The van der Waals surface area contributed by atoms with Gasteiger partial charge in [-0.1, -0.05) is 30.0 Å². The van der Waals surface area contributed by atoms with Gasteiger partial charge in [0.25, 0.3) is 0 Å². The number of nitrogens with zero attached hydrogens (tertiary/aromatic N) is 3. The molecule has 0 spiro atoms. The van der Waals surface area contributed by atoms with E-state index in [4.69, 9.17) is 0 Å². The highest BCUT2D eigenvalue weighted by molar-refractivity contribution is 8.00. The number of rotatable bonds is 7. The first-order valence-corrected chi connectivity index (χ1v) is 11.3. The zero-order chi connectivity index (χ0) is 20.3. The summed E-state index contributed by atoms with van der Waals surface area (Å²) >= 11 is 1.33. The van der Waals surface area contributed by atoms with Crippen LogP contribution in [0.15, 0.2) is 59.8 Å². The SMILES string of the molecule is Cc1nnc(S[C@H](C)C(=O)c2ccc(NS(C)(=O)=O)cc2)n1-c1ccccc1. The molecule has 146 valence electrons. The van der Waals surface area contributed by atoms with E-state index in [0.29, 0.717) is 16.4 Å². The lowest BCUT2D eigenvalue weighted by Crippen LogP contribution is -2.15. The fourth-order valence-electron chi connectivity index (χ4n) is 2.66. The van der Waals surface area contributed by atoms with E-state index in [0.717, 1.165) is 17.8 Å². The highest BCUT2D eigenvalue weighted by Crippen LogP contribution is 2.27. The lowest BCUT2D eigenvalue weighted by molar-refractivity contribution is 0.0994. The molecule has 2 aromatic carbocycles. The van der Waals surface area contributed by atoms with Gasteiger partial charge < -0.3 is 0 Å². The molecule has 1 atom stereocenters. The number of sulfonamides is 1. The molecule has 1 heterocycles. The molecule has 1 aromatic heterocycles. The number of aromatic nitrogens is 3. The fraction of sp³-hybridized carbons (Fsp3) is 0.211. The molecule has 28 heavy (non-hydrogen) atoms. The molecule has 0 fully saturated rings. The van der Waals surface area contributed by atoms with Crippen molar-refractivity contribution in [1.29, 1.82) is 0 Å². The first-order chi connectivity index (χ1) is 13.2. The van der Waals surface area contributed by atoms with Crippen LogP contribution in [0.3, 0.4) is 0 Å². The third-order valence-corrected chi connectivity index (χ3v) is 5.58. The summed E-state index contributed by atoms with van der Waals surface area (Å²) in [5, 5.41) is 8.60. The topological polar surface area (TPSA) is 94.0 Å². The molecule has 0 aliphatic heterocycles. The van der Waals surface area contributed by atoms with Crippen LogP contribution in [0.4, 0.5) is 5.69 Å². The van der Waals surface area contributed by atoms with Gasteiger partial charge >= 0.3 is 0 Å². The van der Waals surface area contributed by atoms with Gasteiger partial charge in [-0.3, -0.25) is 14.1 Å². The zero-order valence-electron chi connectivity index (χ0n) is 15.7. The van der Waals surface area contributed by atoms with Crippen LogP contribution in [0.2, 0.25) is 0 Å². The van der Waals surface area contributed by atoms with Crippen molar-refractivity contribution in [3.8, 4) is 5.69 Å². The number of carbonyl (C=O) groups is 1. The second kappa shape index (κ2) is 8.15. The first-order valence-electron chi connectivity index (χ1n) is 8.51. The van der Waals surface area contributed by atoms with E-state index >= 15 is 0 Å². The van der Waals surface area contributed by atoms with Crippen LogP contribution in [-0.2, 0) is 10.0 Å². The van der Waals surface area contributed by atoms with Gasteiger partial charge in [-0.05, 0) is 50.2 Å². The van der Waals surface area contributed by atoms with Crippen molar-refractivity contribution in [3.05, 3.63) is 66.0 Å². The second-order valence-electron chi connectivity index (χ2n) is 6.28. The molecular weight excluding hydrogens is 396 g/mol. The predicted molar refractivity (Wildman–Crippen MR) is 111 cm³/mol. The molecule has 0 unspecified atom stereocenters. The van der Waals surface area contributed by atoms with E-state index in [1.807, 2.05) is 48.7 Å². The Morgan fingerprint density at radius 2 is 1.71 bits per heavy atom. The van der Waals surface area contributed by atoms with E-state index in [1.54, 1.807) is 24.3 Å². The van der Waals surface area contributed by atoms with Crippen LogP contribution < -0.4 is 4.72 Å². The van der Waals surface area contributed by atoms with Gasteiger partial charge in [0.2, 0.25) is 10.0 Å². The van der Waals surface area contributed by atoms with Crippen molar-refractivity contribution < 1.29 is 13.2 Å². The summed E-state index contributed by atoms with van der Waals surface area (Å²) < 4.78 is 26.9. The van der Waals surface area contributed by atoms with E-state index in [2.05, 4.69) is 14.9 Å². The van der Waals surface area contributed by atoms with Gasteiger partial charge in [0.05, 0.1) is 11.5 Å². The summed E-state index contributed by atoms with van der Waals surface area (Å²) in [5.74, 6) is 0.667. The van der Waals surface area contributed by atoms with E-state index in [1.165, 1.54) is 11.8 Å². The summed E-state index contributed by atoms with van der Waals surface area (Å²) in [7, 11) is -3.35. The number of carbonyl (C=O) groups excluding carboxylic acids is 1. The Morgan fingerprint density at radius 1 is 1.07 bits per heavy atom. The van der Waals surface area contributed by atoms with E-state index < -0.39 is 10.0 Å². The van der Waals surface area contributed by atoms with E-state index in [-0.39, 0.29) is 11.0 Å². The summed E-state index contributed by atoms with van der Waals surface area (Å²) in [6, 6.07) is 16.1. The maximum absolute atomic E-state index is 12.8. The quantitative estimate of drug-likeness (QED) is 0.469. The number of hydrogen-bond acceptors (Lipinski definition) is 6. The molecule has 0 radical (unpaired) electrons. The first kappa shape index (κ1) is 20.1. The van der Waals surface area contributed by atoms with Crippen LogP contribution in [0, 0.1) is 6.92 Å². The number of benzene rings is 2. The smallest absolute Gasteiger partial charge is 0.229 e. The standard InChI is InChI=1S/C19H20N4O3S2/c1-13(18(24)15-9-11-16(12-10-15)22-28(3,25)26)27-19-21-20-14(2)23(19)17-7-5-4-6-8-17/h4-13,22H,1-3H3/t13-/m1/s1. The van der Waals surface area contributed by atoms with Crippen molar-refractivity contribution in [2.45, 2.75) is 24.3 Å². The Morgan fingerprint density at radius 3 is 2.32 bits per heavy atom. The molecule has 1 N–H and O–H groups in total. The fourth-order valence-corrected chi connectivity index (χ4v) is 4.21. The molecule has 0 saturated carbocycles. The Hall–Kier alpha value is -2.65. The number of para-hydroxylation sites is 1. The molecular formula is C19H20N4O3S2. The van der Waals surface area contributed by atoms with Gasteiger partial charge in [0, 0.05) is 16.9 Å². The van der Waals surface area contributed by atoms with Crippen molar-refractivity contribution in [3.63, 3.8) is 0 Å². The summed E-state index contributed by atoms with van der Waals surface area (Å²) in [5.41, 5.74) is 1.85. The van der Waals surface area contributed by atoms with Gasteiger partial charge in [-0.25, -0.2) is 8.42 Å². The normalized spacial score (nSPS) is 12.5. The third kappa shape index (κ3) is 4.79. The number of Topliss-reactive ketones (excluding diaryl/α,β-unsaturated/α-hetero) is 1.